The maximum Gasteiger partial charge on any atom is 0.140 e. The lowest BCUT2D eigenvalue weighted by atomic mass is 10.3. The number of phenols is 1. The summed E-state index contributed by atoms with van der Waals surface area (Å²) in [6.45, 7) is 0. The third-order valence-electron chi connectivity index (χ3n) is 1.76. The van der Waals surface area contributed by atoms with Gasteiger partial charge in [-0.25, -0.2) is 0 Å². The van der Waals surface area contributed by atoms with Crippen LogP contribution in [0.25, 0.3) is 0 Å². The number of hydrogen-bond acceptors (Lipinski definition) is 2. The summed E-state index contributed by atoms with van der Waals surface area (Å²) in [5.74, 6) is 0.246. The number of anilines is 1. The standard InChI is InChI=1S/C10H10N2O/c13-10-6-2-1-5-9(10)11-12-7-3-4-8-12/h1-8,11,13H. The molecule has 0 aliphatic carbocycles. The third kappa shape index (κ3) is 1.64. The first-order valence-electron chi connectivity index (χ1n) is 4.04. The zero-order valence-corrected chi connectivity index (χ0v) is 7.01. The molecule has 3 heteroatoms. The van der Waals surface area contributed by atoms with Gasteiger partial charge in [0.25, 0.3) is 0 Å². The summed E-state index contributed by atoms with van der Waals surface area (Å²) in [7, 11) is 0. The summed E-state index contributed by atoms with van der Waals surface area (Å²) in [5, 5.41) is 9.43. The topological polar surface area (TPSA) is 37.2 Å². The zero-order chi connectivity index (χ0) is 9.10. The van der Waals surface area contributed by atoms with Crippen LogP contribution >= 0.6 is 0 Å². The summed E-state index contributed by atoms with van der Waals surface area (Å²) in [5.41, 5.74) is 3.71. The van der Waals surface area contributed by atoms with E-state index >= 15 is 0 Å². The van der Waals surface area contributed by atoms with Crippen molar-refractivity contribution in [1.82, 2.24) is 4.68 Å². The minimum atomic E-state index is 0.246. The minimum absolute atomic E-state index is 0.246. The van der Waals surface area contributed by atoms with Gasteiger partial charge in [-0.3, -0.25) is 10.1 Å². The van der Waals surface area contributed by atoms with Crippen molar-refractivity contribution >= 4 is 5.69 Å². The smallest absolute Gasteiger partial charge is 0.140 e. The normalized spacial score (nSPS) is 9.85. The highest BCUT2D eigenvalue weighted by molar-refractivity contribution is 5.54. The van der Waals surface area contributed by atoms with Crippen molar-refractivity contribution in [3.8, 4) is 5.75 Å². The molecule has 0 radical (unpaired) electrons. The van der Waals surface area contributed by atoms with E-state index < -0.39 is 0 Å². The molecule has 0 saturated heterocycles. The van der Waals surface area contributed by atoms with Crippen LogP contribution in [0.5, 0.6) is 5.75 Å². The molecule has 0 amide bonds. The second-order valence-corrected chi connectivity index (χ2v) is 2.72. The molecule has 1 aromatic heterocycles. The second-order valence-electron chi connectivity index (χ2n) is 2.72. The number of phenolic OH excluding ortho intramolecular Hbond substituents is 1. The molecule has 3 nitrogen and oxygen atoms in total. The van der Waals surface area contributed by atoms with Crippen LogP contribution in [-0.2, 0) is 0 Å². The lowest BCUT2D eigenvalue weighted by Gasteiger charge is -2.08. The highest BCUT2D eigenvalue weighted by atomic mass is 16.3. The van der Waals surface area contributed by atoms with Gasteiger partial charge in [0.1, 0.15) is 5.75 Å². The van der Waals surface area contributed by atoms with E-state index in [1.807, 2.05) is 36.7 Å². The molecular weight excluding hydrogens is 164 g/mol. The molecule has 2 rings (SSSR count). The summed E-state index contributed by atoms with van der Waals surface area (Å²) in [6.07, 6.45) is 3.74. The quantitative estimate of drug-likeness (QED) is 0.684. The Morgan fingerprint density at radius 1 is 1.00 bits per heavy atom. The second kappa shape index (κ2) is 3.23. The number of aromatic nitrogens is 1. The van der Waals surface area contributed by atoms with E-state index in [4.69, 9.17) is 0 Å². The number of rotatable bonds is 2. The number of benzene rings is 1. The Labute approximate surface area is 76.2 Å². The Hall–Kier alpha value is -1.90. The van der Waals surface area contributed by atoms with E-state index in [-0.39, 0.29) is 5.75 Å². The maximum absolute atomic E-state index is 9.43. The molecule has 0 spiro atoms. The van der Waals surface area contributed by atoms with Crippen molar-refractivity contribution in [3.05, 3.63) is 48.8 Å². The molecular formula is C10H10N2O. The van der Waals surface area contributed by atoms with Gasteiger partial charge in [0.05, 0.1) is 5.69 Å². The van der Waals surface area contributed by atoms with Crippen LogP contribution in [0.4, 0.5) is 5.69 Å². The number of aromatic hydroxyl groups is 1. The van der Waals surface area contributed by atoms with Gasteiger partial charge in [0, 0.05) is 12.4 Å². The summed E-state index contributed by atoms with van der Waals surface area (Å²) in [4.78, 5) is 0. The monoisotopic (exact) mass is 174 g/mol. The molecule has 0 fully saturated rings. The third-order valence-corrected chi connectivity index (χ3v) is 1.76. The van der Waals surface area contributed by atoms with Gasteiger partial charge in [0.15, 0.2) is 0 Å². The maximum atomic E-state index is 9.43. The van der Waals surface area contributed by atoms with E-state index in [9.17, 15) is 5.11 Å². The Balaban J connectivity index is 2.24. The molecule has 13 heavy (non-hydrogen) atoms. The van der Waals surface area contributed by atoms with Gasteiger partial charge in [-0.1, -0.05) is 12.1 Å². The van der Waals surface area contributed by atoms with Gasteiger partial charge in [-0.05, 0) is 24.3 Å². The molecule has 1 heterocycles. The Morgan fingerprint density at radius 3 is 2.38 bits per heavy atom. The van der Waals surface area contributed by atoms with Crippen molar-refractivity contribution < 1.29 is 5.11 Å². The number of para-hydroxylation sites is 2. The molecule has 0 unspecified atom stereocenters. The number of nitrogens with one attached hydrogen (secondary N) is 1. The van der Waals surface area contributed by atoms with Crippen LogP contribution in [-0.4, -0.2) is 9.78 Å². The highest BCUT2D eigenvalue weighted by Crippen LogP contribution is 2.21. The van der Waals surface area contributed by atoms with E-state index in [1.165, 1.54) is 0 Å². The molecule has 0 atom stereocenters. The van der Waals surface area contributed by atoms with Crippen molar-refractivity contribution in [2.75, 3.05) is 5.43 Å². The van der Waals surface area contributed by atoms with Gasteiger partial charge in [-0.15, -0.1) is 0 Å². The Kier molecular flexibility index (Phi) is 1.92. The van der Waals surface area contributed by atoms with Gasteiger partial charge in [0.2, 0.25) is 0 Å². The Morgan fingerprint density at radius 2 is 1.69 bits per heavy atom. The van der Waals surface area contributed by atoms with E-state index in [2.05, 4.69) is 5.43 Å². The molecule has 0 saturated carbocycles. The van der Waals surface area contributed by atoms with Crippen LogP contribution in [0.15, 0.2) is 48.8 Å². The molecule has 0 aliphatic heterocycles. The zero-order valence-electron chi connectivity index (χ0n) is 7.01. The van der Waals surface area contributed by atoms with Crippen molar-refractivity contribution in [1.29, 1.82) is 0 Å². The van der Waals surface area contributed by atoms with Crippen LogP contribution in [0.1, 0.15) is 0 Å². The fraction of sp³-hybridized carbons (Fsp3) is 0. The number of hydrogen-bond donors (Lipinski definition) is 2. The first-order chi connectivity index (χ1) is 6.36. The summed E-state index contributed by atoms with van der Waals surface area (Å²) >= 11 is 0. The number of nitrogens with zero attached hydrogens (tertiary/aromatic N) is 1. The average Bonchev–Trinajstić information content (AvgIpc) is 2.61. The minimum Gasteiger partial charge on any atom is -0.506 e. The van der Waals surface area contributed by atoms with Crippen LogP contribution in [0.3, 0.4) is 0 Å². The first-order valence-corrected chi connectivity index (χ1v) is 4.04. The van der Waals surface area contributed by atoms with Crippen molar-refractivity contribution in [3.63, 3.8) is 0 Å². The summed E-state index contributed by atoms with van der Waals surface area (Å²) < 4.78 is 1.77. The van der Waals surface area contributed by atoms with Gasteiger partial charge in [-0.2, -0.15) is 0 Å². The summed E-state index contributed by atoms with van der Waals surface area (Å²) in [6, 6.07) is 10.9. The fourth-order valence-corrected chi connectivity index (χ4v) is 1.12. The first kappa shape index (κ1) is 7.73. The molecule has 1 aromatic carbocycles. The van der Waals surface area contributed by atoms with E-state index in [0.29, 0.717) is 5.69 Å². The molecule has 0 bridgehead atoms. The highest BCUT2D eigenvalue weighted by Gasteiger charge is 1.96. The van der Waals surface area contributed by atoms with E-state index in [1.54, 1.807) is 16.8 Å². The predicted octanol–water partition coefficient (Wildman–Crippen LogP) is 2.07. The van der Waals surface area contributed by atoms with Gasteiger partial charge >= 0.3 is 0 Å². The largest absolute Gasteiger partial charge is 0.506 e. The van der Waals surface area contributed by atoms with Crippen molar-refractivity contribution in [2.45, 2.75) is 0 Å². The SMILES string of the molecule is Oc1ccccc1Nn1cccc1. The van der Waals surface area contributed by atoms with Crippen LogP contribution in [0, 0.1) is 0 Å². The van der Waals surface area contributed by atoms with Crippen molar-refractivity contribution in [2.24, 2.45) is 0 Å². The predicted molar refractivity (Wildman–Crippen MR) is 51.6 cm³/mol. The van der Waals surface area contributed by atoms with Gasteiger partial charge < -0.3 is 5.11 Å². The molecule has 2 N–H and O–H groups in total. The molecule has 0 aliphatic rings. The van der Waals surface area contributed by atoms with Crippen LogP contribution in [0.2, 0.25) is 0 Å². The van der Waals surface area contributed by atoms with E-state index in [0.717, 1.165) is 0 Å². The molecule has 66 valence electrons. The lowest BCUT2D eigenvalue weighted by molar-refractivity contribution is 0.476. The fourth-order valence-electron chi connectivity index (χ4n) is 1.12. The molecule has 2 aromatic rings. The lowest BCUT2D eigenvalue weighted by Crippen LogP contribution is -2.05. The Bertz CT molecular complexity index is 382. The average molecular weight is 174 g/mol. The van der Waals surface area contributed by atoms with Crippen LogP contribution < -0.4 is 5.43 Å².